The van der Waals surface area contributed by atoms with Crippen LogP contribution in [-0.2, 0) is 46.0 Å². The normalized spacial score (nSPS) is 21.2. The van der Waals surface area contributed by atoms with Crippen LogP contribution in [-0.4, -0.2) is 36.4 Å². The maximum atomic E-state index is 12.4. The molecule has 4 aromatic rings. The minimum absolute atomic E-state index is 0.0328. The van der Waals surface area contributed by atoms with Crippen molar-refractivity contribution in [3.8, 4) is 11.5 Å². The summed E-state index contributed by atoms with van der Waals surface area (Å²) in [7, 11) is 0. The van der Waals surface area contributed by atoms with Gasteiger partial charge in [0.15, 0.2) is 0 Å². The van der Waals surface area contributed by atoms with E-state index in [9.17, 15) is 9.59 Å². The summed E-state index contributed by atoms with van der Waals surface area (Å²) in [5, 5.41) is 1.59. The van der Waals surface area contributed by atoms with Gasteiger partial charge in [0.1, 0.15) is 22.7 Å². The van der Waals surface area contributed by atoms with Gasteiger partial charge in [0.05, 0.1) is 24.3 Å². The molecule has 0 bridgehead atoms. The molecule has 8 heteroatoms. The van der Waals surface area contributed by atoms with Crippen molar-refractivity contribution in [2.24, 2.45) is 0 Å². The second-order valence-corrected chi connectivity index (χ2v) is 18.3. The van der Waals surface area contributed by atoms with Crippen LogP contribution in [0.25, 0.3) is 0 Å². The molecule has 0 radical (unpaired) electrons. The molecule has 4 aliphatic rings. The summed E-state index contributed by atoms with van der Waals surface area (Å²) >= 11 is 12.3. The fraction of sp³-hybridized carbons (Fsp3) is 0.435. The number of aryl methyl sites for hydroxylation is 4. The Hall–Kier alpha value is -4.00. The first-order chi connectivity index (χ1) is 25.5. The summed E-state index contributed by atoms with van der Waals surface area (Å²) in [5.41, 5.74) is 7.81. The second-order valence-electron chi connectivity index (χ2n) is 17.4. The predicted octanol–water partition coefficient (Wildman–Crippen LogP) is 11.0. The average Bonchev–Trinajstić information content (AvgIpc) is 3.48. The molecule has 2 aliphatic heterocycles. The van der Waals surface area contributed by atoms with Crippen molar-refractivity contribution in [1.29, 1.82) is 0 Å². The van der Waals surface area contributed by atoms with E-state index >= 15 is 0 Å². The Morgan fingerprint density at radius 3 is 1.28 bits per heavy atom. The summed E-state index contributed by atoms with van der Waals surface area (Å²) in [6, 6.07) is 23.7. The van der Waals surface area contributed by atoms with Crippen molar-refractivity contribution in [3.05, 3.63) is 127 Å². The lowest BCUT2D eigenvalue weighted by molar-refractivity contribution is 0.00568. The van der Waals surface area contributed by atoms with Crippen LogP contribution in [0.15, 0.2) is 72.8 Å². The van der Waals surface area contributed by atoms with Gasteiger partial charge in [-0.05, 0) is 187 Å². The van der Waals surface area contributed by atoms with Crippen molar-refractivity contribution in [2.75, 3.05) is 13.2 Å². The molecule has 4 aromatic carbocycles. The maximum absolute atomic E-state index is 12.4. The van der Waals surface area contributed by atoms with E-state index in [1.54, 1.807) is 12.1 Å². The summed E-state index contributed by atoms with van der Waals surface area (Å²) in [6.45, 7) is 12.6. The first-order valence-electron chi connectivity index (χ1n) is 19.1. The lowest BCUT2D eigenvalue weighted by Gasteiger charge is -2.28. The molecule has 0 unspecified atom stereocenters. The Labute approximate surface area is 329 Å². The van der Waals surface area contributed by atoms with Crippen molar-refractivity contribution in [2.45, 2.75) is 115 Å². The number of carbonyl (C=O) groups excluding carboxylic acids is 2. The first-order valence-corrected chi connectivity index (χ1v) is 19.8. The van der Waals surface area contributed by atoms with Gasteiger partial charge in [-0.2, -0.15) is 0 Å². The SMILES string of the molecule is CC(C)(C)OC(=O)c1ccc2c(c1)CC[C@@]1(CCc3cc(Cl)ccc31)CO2.CC(C)(C)OC(=O)c1ccc2c(c1)CC[C@]1(CCc3cc(Cl)ccc31)CO2. The highest BCUT2D eigenvalue weighted by Crippen LogP contribution is 2.47. The zero-order valence-corrected chi connectivity index (χ0v) is 33.7. The second kappa shape index (κ2) is 14.6. The van der Waals surface area contributed by atoms with E-state index in [-0.39, 0.29) is 22.8 Å². The number of carbonyl (C=O) groups is 2. The summed E-state index contributed by atoms with van der Waals surface area (Å²) in [4.78, 5) is 24.8. The first kappa shape index (κ1) is 38.3. The summed E-state index contributed by atoms with van der Waals surface area (Å²) in [5.74, 6) is 1.18. The van der Waals surface area contributed by atoms with E-state index in [1.807, 2.05) is 77.9 Å². The zero-order chi connectivity index (χ0) is 38.5. The van der Waals surface area contributed by atoms with Crippen LogP contribution in [0.1, 0.15) is 121 Å². The number of esters is 2. The minimum Gasteiger partial charge on any atom is -0.492 e. The van der Waals surface area contributed by atoms with E-state index in [0.717, 1.165) is 84.0 Å². The Morgan fingerprint density at radius 2 is 0.907 bits per heavy atom. The molecule has 0 amide bonds. The fourth-order valence-electron chi connectivity index (χ4n) is 8.49. The van der Waals surface area contributed by atoms with Gasteiger partial charge in [0.2, 0.25) is 0 Å². The number of ether oxygens (including phenoxy) is 4. The number of rotatable bonds is 2. The average molecular weight is 770 g/mol. The fourth-order valence-corrected chi connectivity index (χ4v) is 8.88. The number of halogens is 2. The van der Waals surface area contributed by atoms with Crippen LogP contribution >= 0.6 is 23.2 Å². The Kier molecular flexibility index (Phi) is 10.3. The summed E-state index contributed by atoms with van der Waals surface area (Å²) in [6.07, 6.45) is 8.02. The van der Waals surface area contributed by atoms with Crippen molar-refractivity contribution in [1.82, 2.24) is 0 Å². The number of hydrogen-bond donors (Lipinski definition) is 0. The standard InChI is InChI=1S/2C23H25ClO3/c2*1-22(2,3)27-21(25)17-4-7-20-16(12-17)9-11-23(14-26-20)10-8-15-13-18(24)5-6-19(15)23/h2*4-7,12-13H,8-11,14H2,1-3H3/t2*23-/m10/s1. The third-order valence-corrected chi connectivity index (χ3v) is 11.6. The smallest absolute Gasteiger partial charge is 0.338 e. The van der Waals surface area contributed by atoms with Gasteiger partial charge < -0.3 is 18.9 Å². The zero-order valence-electron chi connectivity index (χ0n) is 32.2. The van der Waals surface area contributed by atoms with Gasteiger partial charge in [0.25, 0.3) is 0 Å². The van der Waals surface area contributed by atoms with Crippen LogP contribution in [0.2, 0.25) is 10.0 Å². The Balaban J connectivity index is 0.000000167. The van der Waals surface area contributed by atoms with Gasteiger partial charge in [-0.1, -0.05) is 35.3 Å². The molecule has 0 fully saturated rings. The number of fused-ring (bicyclic) bond motifs is 6. The number of benzene rings is 4. The highest BCUT2D eigenvalue weighted by Gasteiger charge is 2.42. The van der Waals surface area contributed by atoms with E-state index < -0.39 is 11.2 Å². The molecule has 0 saturated carbocycles. The van der Waals surface area contributed by atoms with Crippen LogP contribution < -0.4 is 9.47 Å². The number of hydrogen-bond acceptors (Lipinski definition) is 6. The van der Waals surface area contributed by atoms with E-state index in [4.69, 9.17) is 42.1 Å². The quantitative estimate of drug-likeness (QED) is 0.189. The third kappa shape index (κ3) is 8.16. The largest absolute Gasteiger partial charge is 0.492 e. The molecule has 0 N–H and O–H groups in total. The molecular weight excluding hydrogens is 719 g/mol. The van der Waals surface area contributed by atoms with Crippen LogP contribution in [0.5, 0.6) is 11.5 Å². The Bertz CT molecular complexity index is 1940. The topological polar surface area (TPSA) is 71.1 Å². The van der Waals surface area contributed by atoms with Gasteiger partial charge in [-0.3, -0.25) is 0 Å². The third-order valence-electron chi connectivity index (χ3n) is 11.2. The molecule has 284 valence electrons. The molecule has 54 heavy (non-hydrogen) atoms. The molecular formula is C46H50Cl2O6. The summed E-state index contributed by atoms with van der Waals surface area (Å²) < 4.78 is 23.5. The van der Waals surface area contributed by atoms with E-state index in [2.05, 4.69) is 24.3 Å². The van der Waals surface area contributed by atoms with Gasteiger partial charge >= 0.3 is 11.9 Å². The molecule has 2 spiro atoms. The molecule has 8 rings (SSSR count). The van der Waals surface area contributed by atoms with Gasteiger partial charge in [0, 0.05) is 20.9 Å². The van der Waals surface area contributed by atoms with Gasteiger partial charge in [-0.25, -0.2) is 9.59 Å². The van der Waals surface area contributed by atoms with E-state index in [0.29, 0.717) is 24.3 Å². The van der Waals surface area contributed by atoms with Crippen molar-refractivity contribution < 1.29 is 28.5 Å². The maximum Gasteiger partial charge on any atom is 0.338 e. The molecule has 0 aromatic heterocycles. The lowest BCUT2D eigenvalue weighted by Crippen LogP contribution is -2.30. The van der Waals surface area contributed by atoms with Crippen molar-refractivity contribution >= 4 is 35.1 Å². The van der Waals surface area contributed by atoms with Crippen molar-refractivity contribution in [3.63, 3.8) is 0 Å². The highest BCUT2D eigenvalue weighted by molar-refractivity contribution is 6.31. The van der Waals surface area contributed by atoms with Crippen LogP contribution in [0.3, 0.4) is 0 Å². The predicted molar refractivity (Wildman–Crippen MR) is 214 cm³/mol. The molecule has 2 atom stereocenters. The molecule has 0 saturated heterocycles. The molecule has 6 nitrogen and oxygen atoms in total. The van der Waals surface area contributed by atoms with Gasteiger partial charge in [-0.15, -0.1) is 0 Å². The monoisotopic (exact) mass is 768 g/mol. The minimum atomic E-state index is -0.501. The molecule has 2 heterocycles. The Morgan fingerprint density at radius 1 is 0.537 bits per heavy atom. The highest BCUT2D eigenvalue weighted by atomic mass is 35.5. The van der Waals surface area contributed by atoms with Crippen LogP contribution in [0, 0.1) is 0 Å². The van der Waals surface area contributed by atoms with Crippen LogP contribution in [0.4, 0.5) is 0 Å². The lowest BCUT2D eigenvalue weighted by atomic mass is 9.78. The van der Waals surface area contributed by atoms with E-state index in [1.165, 1.54) is 22.3 Å². The molecule has 2 aliphatic carbocycles.